The molecule has 1 aliphatic heterocycles. The number of hydrogen-bond donors (Lipinski definition) is 0. The predicted molar refractivity (Wildman–Crippen MR) is 90.0 cm³/mol. The molecule has 2 aromatic carbocycles. The molecule has 1 fully saturated rings. The molecule has 0 unspecified atom stereocenters. The quantitative estimate of drug-likeness (QED) is 0.850. The molecule has 1 saturated heterocycles. The first kappa shape index (κ1) is 16.9. The number of rotatable bonds is 4. The zero-order chi connectivity index (χ0) is 17.2. The maximum absolute atomic E-state index is 12.9. The van der Waals surface area contributed by atoms with E-state index >= 15 is 0 Å². The predicted octanol–water partition coefficient (Wildman–Crippen LogP) is 3.37. The third-order valence-electron chi connectivity index (χ3n) is 4.18. The Kier molecular flexibility index (Phi) is 4.87. The summed E-state index contributed by atoms with van der Waals surface area (Å²) >= 11 is 0. The second-order valence-electron chi connectivity index (χ2n) is 5.99. The van der Waals surface area contributed by atoms with Crippen molar-refractivity contribution in [2.45, 2.75) is 30.8 Å². The monoisotopic (exact) mass is 349 g/mol. The van der Waals surface area contributed by atoms with Gasteiger partial charge in [0.1, 0.15) is 17.7 Å². The standard InChI is InChI=1S/C18H20FNO3S/c1-14-2-8-18(9-3-14)24(21,22)20-12-10-17(11-13-20)23-16-6-4-15(19)5-7-16/h2-9,17H,10-13H2,1H3. The fourth-order valence-electron chi connectivity index (χ4n) is 2.76. The minimum absolute atomic E-state index is 0.0556. The van der Waals surface area contributed by atoms with Crippen molar-refractivity contribution in [2.75, 3.05) is 13.1 Å². The van der Waals surface area contributed by atoms with Crippen LogP contribution in [-0.2, 0) is 10.0 Å². The van der Waals surface area contributed by atoms with Crippen molar-refractivity contribution in [2.24, 2.45) is 0 Å². The van der Waals surface area contributed by atoms with Crippen LogP contribution >= 0.6 is 0 Å². The summed E-state index contributed by atoms with van der Waals surface area (Å²) in [7, 11) is -3.45. The van der Waals surface area contributed by atoms with E-state index in [9.17, 15) is 12.8 Å². The van der Waals surface area contributed by atoms with Crippen molar-refractivity contribution in [1.29, 1.82) is 0 Å². The molecule has 0 aliphatic carbocycles. The number of sulfonamides is 1. The van der Waals surface area contributed by atoms with Gasteiger partial charge in [-0.2, -0.15) is 4.31 Å². The van der Waals surface area contributed by atoms with Crippen LogP contribution in [0.3, 0.4) is 0 Å². The normalized spacial score (nSPS) is 16.9. The Hall–Kier alpha value is -1.92. The topological polar surface area (TPSA) is 46.6 Å². The highest BCUT2D eigenvalue weighted by atomic mass is 32.2. The summed E-state index contributed by atoms with van der Waals surface area (Å²) < 4.78 is 45.5. The Morgan fingerprint density at radius 1 is 1.00 bits per heavy atom. The lowest BCUT2D eigenvalue weighted by molar-refractivity contribution is 0.135. The Morgan fingerprint density at radius 3 is 2.17 bits per heavy atom. The first-order valence-corrected chi connectivity index (χ1v) is 9.38. The van der Waals surface area contributed by atoms with Gasteiger partial charge in [0.2, 0.25) is 10.0 Å². The maximum Gasteiger partial charge on any atom is 0.243 e. The van der Waals surface area contributed by atoms with Gasteiger partial charge in [0.05, 0.1) is 4.90 Å². The molecule has 4 nitrogen and oxygen atoms in total. The molecule has 0 saturated carbocycles. The number of ether oxygens (including phenoxy) is 1. The molecule has 0 spiro atoms. The van der Waals surface area contributed by atoms with Crippen LogP contribution in [0.25, 0.3) is 0 Å². The largest absolute Gasteiger partial charge is 0.490 e. The number of aryl methyl sites for hydroxylation is 1. The first-order valence-electron chi connectivity index (χ1n) is 7.94. The van der Waals surface area contributed by atoms with E-state index in [1.54, 1.807) is 36.4 Å². The van der Waals surface area contributed by atoms with E-state index in [0.717, 1.165) is 5.56 Å². The van der Waals surface area contributed by atoms with Crippen molar-refractivity contribution in [3.05, 3.63) is 59.9 Å². The van der Waals surface area contributed by atoms with Gasteiger partial charge in [-0.05, 0) is 56.2 Å². The average molecular weight is 349 g/mol. The SMILES string of the molecule is Cc1ccc(S(=O)(=O)N2CCC(Oc3ccc(F)cc3)CC2)cc1. The lowest BCUT2D eigenvalue weighted by Crippen LogP contribution is -2.41. The van der Waals surface area contributed by atoms with Crippen LogP contribution in [0.5, 0.6) is 5.75 Å². The Balaban J connectivity index is 1.62. The van der Waals surface area contributed by atoms with E-state index < -0.39 is 10.0 Å². The molecule has 0 amide bonds. The van der Waals surface area contributed by atoms with Gasteiger partial charge >= 0.3 is 0 Å². The lowest BCUT2D eigenvalue weighted by Gasteiger charge is -2.31. The molecule has 24 heavy (non-hydrogen) atoms. The number of hydrogen-bond acceptors (Lipinski definition) is 3. The number of nitrogens with zero attached hydrogens (tertiary/aromatic N) is 1. The van der Waals surface area contributed by atoms with Crippen molar-refractivity contribution >= 4 is 10.0 Å². The van der Waals surface area contributed by atoms with Gasteiger partial charge < -0.3 is 4.74 Å². The van der Waals surface area contributed by atoms with Crippen LogP contribution in [-0.4, -0.2) is 31.9 Å². The summed E-state index contributed by atoms with van der Waals surface area (Å²) in [4.78, 5) is 0.325. The second kappa shape index (κ2) is 6.91. The van der Waals surface area contributed by atoms with Gasteiger partial charge in [-0.25, -0.2) is 12.8 Å². The molecule has 1 aliphatic rings. The van der Waals surface area contributed by atoms with Gasteiger partial charge in [0.15, 0.2) is 0 Å². The minimum atomic E-state index is -3.45. The highest BCUT2D eigenvalue weighted by Gasteiger charge is 2.30. The van der Waals surface area contributed by atoms with E-state index in [-0.39, 0.29) is 11.9 Å². The molecule has 3 rings (SSSR count). The van der Waals surface area contributed by atoms with Crippen molar-refractivity contribution in [3.8, 4) is 5.75 Å². The van der Waals surface area contributed by atoms with Crippen LogP contribution < -0.4 is 4.74 Å². The molecule has 0 N–H and O–H groups in total. The van der Waals surface area contributed by atoms with Gasteiger partial charge in [-0.1, -0.05) is 17.7 Å². The van der Waals surface area contributed by atoms with E-state index in [0.29, 0.717) is 36.6 Å². The van der Waals surface area contributed by atoms with Crippen LogP contribution in [0.2, 0.25) is 0 Å². The Labute approximate surface area is 141 Å². The molecule has 0 bridgehead atoms. The van der Waals surface area contributed by atoms with E-state index in [1.807, 2.05) is 6.92 Å². The molecular formula is C18H20FNO3S. The van der Waals surface area contributed by atoms with Crippen LogP contribution in [0.4, 0.5) is 4.39 Å². The zero-order valence-electron chi connectivity index (χ0n) is 13.5. The van der Waals surface area contributed by atoms with Crippen LogP contribution in [0, 0.1) is 12.7 Å². The van der Waals surface area contributed by atoms with Crippen LogP contribution in [0.1, 0.15) is 18.4 Å². The van der Waals surface area contributed by atoms with Crippen molar-refractivity contribution in [3.63, 3.8) is 0 Å². The highest BCUT2D eigenvalue weighted by molar-refractivity contribution is 7.89. The smallest absolute Gasteiger partial charge is 0.243 e. The summed E-state index contributed by atoms with van der Waals surface area (Å²) in [5, 5.41) is 0. The third kappa shape index (κ3) is 3.76. The van der Waals surface area contributed by atoms with E-state index in [1.165, 1.54) is 16.4 Å². The van der Waals surface area contributed by atoms with Gasteiger partial charge in [0, 0.05) is 13.1 Å². The number of halogens is 1. The molecule has 128 valence electrons. The number of benzene rings is 2. The summed E-state index contributed by atoms with van der Waals surface area (Å²) in [5.41, 5.74) is 1.03. The second-order valence-corrected chi connectivity index (χ2v) is 7.93. The van der Waals surface area contributed by atoms with Crippen LogP contribution in [0.15, 0.2) is 53.4 Å². The molecule has 0 atom stereocenters. The summed E-state index contributed by atoms with van der Waals surface area (Å²) in [6.07, 6.45) is 1.17. The molecule has 0 radical (unpaired) electrons. The maximum atomic E-state index is 12.9. The Bertz CT molecular complexity index is 780. The van der Waals surface area contributed by atoms with Gasteiger partial charge in [-0.3, -0.25) is 0 Å². The van der Waals surface area contributed by atoms with Crippen molar-refractivity contribution in [1.82, 2.24) is 4.31 Å². The fraction of sp³-hybridized carbons (Fsp3) is 0.333. The highest BCUT2D eigenvalue weighted by Crippen LogP contribution is 2.24. The zero-order valence-corrected chi connectivity index (χ0v) is 14.3. The minimum Gasteiger partial charge on any atom is -0.490 e. The average Bonchev–Trinajstić information content (AvgIpc) is 2.58. The summed E-state index contributed by atoms with van der Waals surface area (Å²) in [6.45, 7) is 2.76. The number of piperidine rings is 1. The van der Waals surface area contributed by atoms with Gasteiger partial charge in [-0.15, -0.1) is 0 Å². The molecular weight excluding hydrogens is 329 g/mol. The molecule has 6 heteroatoms. The van der Waals surface area contributed by atoms with Gasteiger partial charge in [0.25, 0.3) is 0 Å². The molecule has 0 aromatic heterocycles. The molecule has 1 heterocycles. The third-order valence-corrected chi connectivity index (χ3v) is 6.09. The fourth-order valence-corrected chi connectivity index (χ4v) is 4.22. The molecule has 2 aromatic rings. The first-order chi connectivity index (χ1) is 11.4. The summed E-state index contributed by atoms with van der Waals surface area (Å²) in [6, 6.07) is 12.8. The van der Waals surface area contributed by atoms with Crippen molar-refractivity contribution < 1.29 is 17.5 Å². The van der Waals surface area contributed by atoms with E-state index in [4.69, 9.17) is 4.74 Å². The van der Waals surface area contributed by atoms with E-state index in [2.05, 4.69) is 0 Å². The summed E-state index contributed by atoms with van der Waals surface area (Å²) in [5.74, 6) is 0.303. The lowest BCUT2D eigenvalue weighted by atomic mass is 10.1. The Morgan fingerprint density at radius 2 is 1.58 bits per heavy atom.